The summed E-state index contributed by atoms with van der Waals surface area (Å²) in [6, 6.07) is 7.14. The number of nitrogens with zero attached hydrogens (tertiary/aromatic N) is 2. The van der Waals surface area contributed by atoms with Crippen molar-refractivity contribution in [2.24, 2.45) is 5.92 Å². The highest BCUT2D eigenvalue weighted by molar-refractivity contribution is 7.88. The van der Waals surface area contributed by atoms with Crippen molar-refractivity contribution in [1.29, 1.82) is 0 Å². The van der Waals surface area contributed by atoms with Crippen LogP contribution in [0.25, 0.3) is 0 Å². The lowest BCUT2D eigenvalue weighted by molar-refractivity contribution is -0.121. The molecule has 1 aromatic heterocycles. The van der Waals surface area contributed by atoms with Gasteiger partial charge in [0, 0.05) is 31.2 Å². The van der Waals surface area contributed by atoms with E-state index < -0.39 is 10.0 Å². The smallest absolute Gasteiger partial charge is 0.220 e. The fourth-order valence-electron chi connectivity index (χ4n) is 3.62. The number of benzene rings is 1. The highest BCUT2D eigenvalue weighted by atomic mass is 32.2. The van der Waals surface area contributed by atoms with E-state index in [0.717, 1.165) is 29.1 Å². The Morgan fingerprint density at radius 3 is 2.35 bits per heavy atom. The van der Waals surface area contributed by atoms with Crippen LogP contribution in [0.5, 0.6) is 0 Å². The topological polar surface area (TPSA) is 93.1 Å². The number of aromatic nitrogens is 2. The summed E-state index contributed by atoms with van der Waals surface area (Å²) in [6.45, 7) is 13.1. The number of hydrogen-bond acceptors (Lipinski definition) is 4. The highest BCUT2D eigenvalue weighted by Crippen LogP contribution is 2.17. The van der Waals surface area contributed by atoms with Crippen molar-refractivity contribution in [3.05, 3.63) is 52.3 Å². The molecule has 2 N–H and O–H groups in total. The monoisotopic (exact) mass is 448 g/mol. The van der Waals surface area contributed by atoms with E-state index in [0.29, 0.717) is 30.9 Å². The highest BCUT2D eigenvalue weighted by Gasteiger charge is 2.16. The molecule has 0 bridgehead atoms. The normalized spacial score (nSPS) is 12.0. The molecule has 0 radical (unpaired) electrons. The van der Waals surface area contributed by atoms with E-state index in [1.54, 1.807) is 19.9 Å². The molecule has 0 aliphatic carbocycles. The molecule has 0 spiro atoms. The second kappa shape index (κ2) is 10.9. The molecule has 0 aliphatic heterocycles. The average Bonchev–Trinajstić information content (AvgIpc) is 2.90. The number of rotatable bonds is 11. The predicted molar refractivity (Wildman–Crippen MR) is 124 cm³/mol. The van der Waals surface area contributed by atoms with Gasteiger partial charge in [-0.2, -0.15) is 5.10 Å². The molecular formula is C23H36N4O3S. The second-order valence-electron chi connectivity index (χ2n) is 8.80. The molecular weight excluding hydrogens is 412 g/mol. The van der Waals surface area contributed by atoms with E-state index >= 15 is 0 Å². The maximum absolute atomic E-state index is 12.5. The van der Waals surface area contributed by atoms with Crippen molar-refractivity contribution >= 4 is 15.9 Å². The summed E-state index contributed by atoms with van der Waals surface area (Å²) in [5, 5.41) is 7.54. The molecule has 31 heavy (non-hydrogen) atoms. The Hall–Kier alpha value is -2.19. The van der Waals surface area contributed by atoms with Crippen molar-refractivity contribution in [2.75, 3.05) is 0 Å². The number of hydrogen-bond donors (Lipinski definition) is 2. The van der Waals surface area contributed by atoms with Gasteiger partial charge < -0.3 is 5.32 Å². The molecule has 0 unspecified atom stereocenters. The second-order valence-corrected chi connectivity index (χ2v) is 10.6. The molecule has 1 heterocycles. The van der Waals surface area contributed by atoms with Crippen LogP contribution in [0.3, 0.4) is 0 Å². The summed E-state index contributed by atoms with van der Waals surface area (Å²) in [6.07, 6.45) is 1.00. The van der Waals surface area contributed by atoms with E-state index in [1.165, 1.54) is 0 Å². The minimum atomic E-state index is -3.43. The minimum Gasteiger partial charge on any atom is -0.352 e. The molecule has 8 heteroatoms. The number of carbonyl (C=O) groups excluding carboxylic acids is 1. The fraction of sp³-hybridized carbons (Fsp3) is 0.565. The zero-order valence-electron chi connectivity index (χ0n) is 19.5. The third-order valence-corrected chi connectivity index (χ3v) is 6.55. The van der Waals surface area contributed by atoms with Crippen LogP contribution in [0, 0.1) is 19.8 Å². The first-order valence-corrected chi connectivity index (χ1v) is 12.5. The first-order chi connectivity index (χ1) is 14.5. The van der Waals surface area contributed by atoms with Gasteiger partial charge in [0.25, 0.3) is 0 Å². The van der Waals surface area contributed by atoms with Gasteiger partial charge in [-0.15, -0.1) is 0 Å². The third kappa shape index (κ3) is 7.78. The standard InChI is InChI=1S/C23H36N4O3S/c1-16(2)14-27-19(6)22(18(5)25-27)11-12-23(28)24-13-20-9-7-8-10-21(20)15-31(29,30)26-17(3)4/h7-10,16-17,26H,11-15H2,1-6H3,(H,24,28). The van der Waals surface area contributed by atoms with Crippen LogP contribution < -0.4 is 10.0 Å². The Bertz CT molecular complexity index is 994. The first-order valence-electron chi connectivity index (χ1n) is 10.8. The lowest BCUT2D eigenvalue weighted by atomic mass is 10.1. The molecule has 172 valence electrons. The maximum atomic E-state index is 12.5. The van der Waals surface area contributed by atoms with Gasteiger partial charge in [-0.1, -0.05) is 38.1 Å². The van der Waals surface area contributed by atoms with Gasteiger partial charge >= 0.3 is 0 Å². The van der Waals surface area contributed by atoms with Crippen molar-refractivity contribution in [3.63, 3.8) is 0 Å². The zero-order chi connectivity index (χ0) is 23.2. The van der Waals surface area contributed by atoms with Gasteiger partial charge in [0.2, 0.25) is 15.9 Å². The van der Waals surface area contributed by atoms with Crippen LogP contribution in [0.2, 0.25) is 0 Å². The van der Waals surface area contributed by atoms with Gasteiger partial charge in [0.05, 0.1) is 11.4 Å². The van der Waals surface area contributed by atoms with Gasteiger partial charge in [-0.3, -0.25) is 9.48 Å². The molecule has 2 rings (SSSR count). The van der Waals surface area contributed by atoms with Crippen molar-refractivity contribution < 1.29 is 13.2 Å². The fourth-order valence-corrected chi connectivity index (χ4v) is 5.11. The molecule has 2 aromatic rings. The number of carbonyl (C=O) groups is 1. The molecule has 7 nitrogen and oxygen atoms in total. The molecule has 1 aromatic carbocycles. The molecule has 0 fully saturated rings. The first kappa shape index (κ1) is 25.1. The summed E-state index contributed by atoms with van der Waals surface area (Å²) in [5.41, 5.74) is 4.72. The largest absolute Gasteiger partial charge is 0.352 e. The Labute approximate surface area is 186 Å². The van der Waals surface area contributed by atoms with E-state index in [2.05, 4.69) is 35.9 Å². The maximum Gasteiger partial charge on any atom is 0.220 e. The summed E-state index contributed by atoms with van der Waals surface area (Å²) >= 11 is 0. The molecule has 0 saturated carbocycles. The SMILES string of the molecule is Cc1nn(CC(C)C)c(C)c1CCC(=O)NCc1ccccc1CS(=O)(=O)NC(C)C. The van der Waals surface area contributed by atoms with Gasteiger partial charge in [0.1, 0.15) is 0 Å². The van der Waals surface area contributed by atoms with Crippen LogP contribution >= 0.6 is 0 Å². The average molecular weight is 449 g/mol. The summed E-state index contributed by atoms with van der Waals surface area (Å²) in [4.78, 5) is 12.5. The number of amides is 1. The Morgan fingerprint density at radius 2 is 1.74 bits per heavy atom. The van der Waals surface area contributed by atoms with Crippen LogP contribution in [0.15, 0.2) is 24.3 Å². The minimum absolute atomic E-state index is 0.0617. The van der Waals surface area contributed by atoms with Crippen LogP contribution in [0.1, 0.15) is 62.2 Å². The lowest BCUT2D eigenvalue weighted by Crippen LogP contribution is -2.32. The van der Waals surface area contributed by atoms with Crippen LogP contribution in [0.4, 0.5) is 0 Å². The summed E-state index contributed by atoms with van der Waals surface area (Å²) < 4.78 is 29.2. The van der Waals surface area contributed by atoms with E-state index in [1.807, 2.05) is 29.8 Å². The van der Waals surface area contributed by atoms with Crippen molar-refractivity contribution in [2.45, 2.75) is 79.3 Å². The third-order valence-electron chi connectivity index (χ3n) is 5.03. The molecule has 0 atom stereocenters. The Morgan fingerprint density at radius 1 is 1.10 bits per heavy atom. The lowest BCUT2D eigenvalue weighted by Gasteiger charge is -2.13. The number of nitrogens with one attached hydrogen (secondary N) is 2. The molecule has 0 saturated heterocycles. The van der Waals surface area contributed by atoms with Crippen LogP contribution in [-0.2, 0) is 40.1 Å². The Kier molecular flexibility index (Phi) is 8.82. The van der Waals surface area contributed by atoms with Gasteiger partial charge in [0.15, 0.2) is 0 Å². The quantitative estimate of drug-likeness (QED) is 0.552. The van der Waals surface area contributed by atoms with E-state index in [4.69, 9.17) is 0 Å². The van der Waals surface area contributed by atoms with Gasteiger partial charge in [-0.25, -0.2) is 13.1 Å². The van der Waals surface area contributed by atoms with Crippen molar-refractivity contribution in [1.82, 2.24) is 19.8 Å². The van der Waals surface area contributed by atoms with Gasteiger partial charge in [-0.05, 0) is 56.7 Å². The van der Waals surface area contributed by atoms with E-state index in [9.17, 15) is 13.2 Å². The summed E-state index contributed by atoms with van der Waals surface area (Å²) in [5.74, 6) is 0.340. The summed E-state index contributed by atoms with van der Waals surface area (Å²) in [7, 11) is -3.43. The Balaban J connectivity index is 1.96. The number of sulfonamides is 1. The predicted octanol–water partition coefficient (Wildman–Crippen LogP) is 3.23. The van der Waals surface area contributed by atoms with E-state index in [-0.39, 0.29) is 17.7 Å². The van der Waals surface area contributed by atoms with Crippen molar-refractivity contribution in [3.8, 4) is 0 Å². The molecule has 0 aliphatic rings. The molecule has 1 amide bonds. The number of aryl methyl sites for hydroxylation is 1. The zero-order valence-corrected chi connectivity index (χ0v) is 20.3. The van der Waals surface area contributed by atoms with Crippen LogP contribution in [-0.4, -0.2) is 30.1 Å².